The van der Waals surface area contributed by atoms with Gasteiger partial charge in [-0.05, 0) is 58.2 Å². The van der Waals surface area contributed by atoms with E-state index < -0.39 is 35.8 Å². The summed E-state index contributed by atoms with van der Waals surface area (Å²) in [4.78, 5) is 36.0. The minimum atomic E-state index is -0.834. The van der Waals surface area contributed by atoms with Gasteiger partial charge in [0.1, 0.15) is 12.1 Å². The van der Waals surface area contributed by atoms with E-state index in [4.69, 9.17) is 28.7 Å². The number of carbonyl (C=O) groups is 3. The van der Waals surface area contributed by atoms with Gasteiger partial charge in [0.05, 0.1) is 6.04 Å². The smallest absolute Gasteiger partial charge is 0.243 e. The molecular weight excluding hydrogens is 326 g/mol. The molecule has 0 fully saturated rings. The fourth-order valence-electron chi connectivity index (χ4n) is 2.22. The van der Waals surface area contributed by atoms with Gasteiger partial charge in [-0.15, -0.1) is 0 Å². The average Bonchev–Trinajstić information content (AvgIpc) is 2.59. The van der Waals surface area contributed by atoms with Crippen LogP contribution in [0.5, 0.6) is 0 Å². The van der Waals surface area contributed by atoms with Crippen molar-refractivity contribution in [1.29, 1.82) is 0 Å². The highest BCUT2D eigenvalue weighted by molar-refractivity contribution is 5.92. The third-order valence-corrected chi connectivity index (χ3v) is 3.74. The van der Waals surface area contributed by atoms with Crippen LogP contribution in [0, 0.1) is 0 Å². The van der Waals surface area contributed by atoms with Crippen LogP contribution < -0.4 is 39.3 Å². The third-order valence-electron chi connectivity index (χ3n) is 3.74. The number of carbonyl (C=O) groups excluding carboxylic acids is 3. The summed E-state index contributed by atoms with van der Waals surface area (Å²) in [5, 5.41) is 5.17. The fraction of sp³-hybridized carbons (Fsp3) is 0.800. The summed E-state index contributed by atoms with van der Waals surface area (Å²) in [5.74, 6) is -1.58. The lowest BCUT2D eigenvalue weighted by Crippen LogP contribution is -2.55. The zero-order valence-electron chi connectivity index (χ0n) is 14.7. The van der Waals surface area contributed by atoms with Crippen LogP contribution in [0.3, 0.4) is 0 Å². The summed E-state index contributed by atoms with van der Waals surface area (Å²) in [7, 11) is 0. The molecule has 0 heterocycles. The van der Waals surface area contributed by atoms with Crippen LogP contribution in [0.4, 0.5) is 0 Å². The van der Waals surface area contributed by atoms with Crippen molar-refractivity contribution in [2.24, 2.45) is 28.7 Å². The lowest BCUT2D eigenvalue weighted by Gasteiger charge is -2.23. The van der Waals surface area contributed by atoms with Gasteiger partial charge in [-0.1, -0.05) is 0 Å². The Hall–Kier alpha value is -1.75. The number of hydrogen-bond acceptors (Lipinski definition) is 7. The molecule has 3 atom stereocenters. The highest BCUT2D eigenvalue weighted by Crippen LogP contribution is 2.03. The second-order valence-corrected chi connectivity index (χ2v) is 5.92. The number of hydrogen-bond donors (Lipinski definition) is 7. The first-order valence-electron chi connectivity index (χ1n) is 8.63. The fourth-order valence-corrected chi connectivity index (χ4v) is 2.22. The third kappa shape index (κ3) is 9.97. The van der Waals surface area contributed by atoms with E-state index >= 15 is 0 Å². The van der Waals surface area contributed by atoms with Crippen molar-refractivity contribution in [2.75, 3.05) is 19.6 Å². The summed E-state index contributed by atoms with van der Waals surface area (Å²) >= 11 is 0. The van der Waals surface area contributed by atoms with Crippen LogP contribution in [0.2, 0.25) is 0 Å². The predicted octanol–water partition coefficient (Wildman–Crippen LogP) is -3.01. The van der Waals surface area contributed by atoms with Crippen molar-refractivity contribution in [3.63, 3.8) is 0 Å². The average molecular weight is 359 g/mol. The number of nitrogens with two attached hydrogens (primary N) is 5. The zero-order chi connectivity index (χ0) is 19.2. The molecule has 3 amide bonds. The van der Waals surface area contributed by atoms with Crippen LogP contribution in [-0.4, -0.2) is 55.5 Å². The van der Waals surface area contributed by atoms with E-state index in [0.717, 1.165) is 0 Å². The molecule has 0 aliphatic heterocycles. The first kappa shape index (κ1) is 23.2. The molecule has 10 nitrogen and oxygen atoms in total. The highest BCUT2D eigenvalue weighted by atomic mass is 16.2. The lowest BCUT2D eigenvalue weighted by molar-refractivity contribution is -0.132. The molecule has 12 N–H and O–H groups in total. The summed E-state index contributed by atoms with van der Waals surface area (Å²) < 4.78 is 0. The van der Waals surface area contributed by atoms with Gasteiger partial charge in [0.2, 0.25) is 17.7 Å². The summed E-state index contributed by atoms with van der Waals surface area (Å²) in [6.45, 7) is 1.17. The van der Waals surface area contributed by atoms with Crippen LogP contribution >= 0.6 is 0 Å². The summed E-state index contributed by atoms with van der Waals surface area (Å²) in [5.41, 5.74) is 27.4. The van der Waals surface area contributed by atoms with Gasteiger partial charge >= 0.3 is 0 Å². The van der Waals surface area contributed by atoms with Gasteiger partial charge in [0.25, 0.3) is 0 Å². The first-order valence-corrected chi connectivity index (χ1v) is 8.63. The molecule has 3 unspecified atom stereocenters. The molecule has 0 aromatic heterocycles. The minimum Gasteiger partial charge on any atom is -0.368 e. The number of nitrogens with one attached hydrogen (secondary N) is 2. The van der Waals surface area contributed by atoms with Crippen molar-refractivity contribution < 1.29 is 14.4 Å². The monoisotopic (exact) mass is 359 g/mol. The van der Waals surface area contributed by atoms with Gasteiger partial charge in [-0.2, -0.15) is 0 Å². The van der Waals surface area contributed by atoms with Crippen LogP contribution in [0.1, 0.15) is 38.5 Å². The summed E-state index contributed by atoms with van der Waals surface area (Å²) in [6.07, 6.45) is 2.77. The van der Waals surface area contributed by atoms with E-state index in [1.165, 1.54) is 0 Å². The van der Waals surface area contributed by atoms with E-state index in [0.29, 0.717) is 58.2 Å². The normalized spacial score (nSPS) is 14.4. The molecule has 0 aromatic carbocycles. The Labute approximate surface area is 148 Å². The molecule has 0 aromatic rings. The zero-order valence-corrected chi connectivity index (χ0v) is 14.7. The summed E-state index contributed by atoms with van der Waals surface area (Å²) in [6, 6.07) is -2.42. The second kappa shape index (κ2) is 13.5. The van der Waals surface area contributed by atoms with E-state index in [2.05, 4.69) is 10.6 Å². The SMILES string of the molecule is NCCCC(N)C(=O)NC(CCCN)C(=O)NC(CCCN)C(N)=O. The van der Waals surface area contributed by atoms with E-state index in [1.54, 1.807) is 0 Å². The maximum absolute atomic E-state index is 12.4. The van der Waals surface area contributed by atoms with Crippen LogP contribution in [-0.2, 0) is 14.4 Å². The van der Waals surface area contributed by atoms with E-state index in [-0.39, 0.29) is 0 Å². The van der Waals surface area contributed by atoms with E-state index in [1.807, 2.05) is 0 Å². The minimum absolute atomic E-state index is 0.333. The molecular formula is C15H33N7O3. The van der Waals surface area contributed by atoms with Gasteiger partial charge in [0.15, 0.2) is 0 Å². The molecule has 25 heavy (non-hydrogen) atoms. The number of primary amides is 1. The first-order chi connectivity index (χ1) is 11.9. The van der Waals surface area contributed by atoms with Gasteiger partial charge < -0.3 is 39.3 Å². The van der Waals surface area contributed by atoms with Crippen molar-refractivity contribution in [1.82, 2.24) is 10.6 Å². The van der Waals surface area contributed by atoms with Gasteiger partial charge in [-0.25, -0.2) is 0 Å². The Kier molecular flexibility index (Phi) is 12.6. The lowest BCUT2D eigenvalue weighted by atomic mass is 10.1. The topological polar surface area (TPSA) is 205 Å². The Bertz CT molecular complexity index is 420. The molecule has 0 aliphatic rings. The number of rotatable bonds is 14. The molecule has 0 rings (SSSR count). The molecule has 0 radical (unpaired) electrons. The van der Waals surface area contributed by atoms with Gasteiger partial charge in [-0.3, -0.25) is 14.4 Å². The number of amides is 3. The maximum atomic E-state index is 12.4. The standard InChI is InChI=1S/C15H33N7O3/c16-7-1-4-10(19)14(24)22-12(6-3-9-18)15(25)21-11(13(20)23)5-2-8-17/h10-12H,1-9,16-19H2,(H2,20,23)(H,21,25)(H,22,24). The quantitative estimate of drug-likeness (QED) is 0.171. The van der Waals surface area contributed by atoms with Crippen molar-refractivity contribution in [2.45, 2.75) is 56.7 Å². The van der Waals surface area contributed by atoms with Crippen LogP contribution in [0.25, 0.3) is 0 Å². The second-order valence-electron chi connectivity index (χ2n) is 5.92. The molecule has 0 saturated carbocycles. The highest BCUT2D eigenvalue weighted by Gasteiger charge is 2.26. The van der Waals surface area contributed by atoms with Crippen molar-refractivity contribution in [3.8, 4) is 0 Å². The Balaban J connectivity index is 4.83. The maximum Gasteiger partial charge on any atom is 0.243 e. The Morgan fingerprint density at radius 3 is 1.64 bits per heavy atom. The van der Waals surface area contributed by atoms with Crippen LogP contribution in [0.15, 0.2) is 0 Å². The predicted molar refractivity (Wildman–Crippen MR) is 95.9 cm³/mol. The molecule has 0 bridgehead atoms. The van der Waals surface area contributed by atoms with E-state index in [9.17, 15) is 14.4 Å². The largest absolute Gasteiger partial charge is 0.368 e. The molecule has 146 valence electrons. The molecule has 10 heteroatoms. The molecule has 0 saturated heterocycles. The van der Waals surface area contributed by atoms with Crippen molar-refractivity contribution in [3.05, 3.63) is 0 Å². The van der Waals surface area contributed by atoms with Gasteiger partial charge in [0, 0.05) is 0 Å². The molecule has 0 spiro atoms. The molecule has 0 aliphatic carbocycles. The Morgan fingerprint density at radius 1 is 0.720 bits per heavy atom. The Morgan fingerprint density at radius 2 is 1.16 bits per heavy atom. The van der Waals surface area contributed by atoms with Crippen molar-refractivity contribution >= 4 is 17.7 Å².